The lowest BCUT2D eigenvalue weighted by Crippen LogP contribution is -2.37. The van der Waals surface area contributed by atoms with Crippen molar-refractivity contribution in [1.82, 2.24) is 19.8 Å². The van der Waals surface area contributed by atoms with Gasteiger partial charge in [-0.05, 0) is 54.7 Å². The van der Waals surface area contributed by atoms with Crippen LogP contribution in [-0.2, 0) is 33.6 Å². The highest BCUT2D eigenvalue weighted by atomic mass is 32.2. The number of carbonyl (C=O) groups excluding carboxylic acids is 1. The number of benzene rings is 2. The summed E-state index contributed by atoms with van der Waals surface area (Å²) in [5.74, 6) is -0.435. The van der Waals surface area contributed by atoms with E-state index in [-0.39, 0.29) is 28.2 Å². The Morgan fingerprint density at radius 1 is 1.07 bits per heavy atom. The first-order valence-electron chi connectivity index (χ1n) is 13.7. The first-order chi connectivity index (χ1) is 20.3. The lowest BCUT2D eigenvalue weighted by Gasteiger charge is -2.21. The van der Waals surface area contributed by atoms with Crippen LogP contribution in [0, 0.1) is 0 Å². The average molecular weight is 621 g/mol. The molecule has 0 radical (unpaired) electrons. The van der Waals surface area contributed by atoms with Crippen molar-refractivity contribution in [2.45, 2.75) is 37.3 Å². The second-order valence-corrected chi connectivity index (χ2v) is 12.5. The van der Waals surface area contributed by atoms with Crippen molar-refractivity contribution in [2.75, 3.05) is 57.2 Å². The molecule has 2 heterocycles. The number of aromatic nitrogens is 2. The van der Waals surface area contributed by atoms with Gasteiger partial charge in [0.1, 0.15) is 17.1 Å². The number of amides is 1. The molecular weight excluding hydrogens is 585 g/mol. The van der Waals surface area contributed by atoms with Crippen molar-refractivity contribution in [3.05, 3.63) is 59.3 Å². The van der Waals surface area contributed by atoms with Gasteiger partial charge in [0.2, 0.25) is 11.9 Å². The molecule has 0 unspecified atom stereocenters. The number of halogens is 3. The van der Waals surface area contributed by atoms with Crippen LogP contribution in [0.1, 0.15) is 30.0 Å². The molecule has 0 spiro atoms. The van der Waals surface area contributed by atoms with E-state index < -0.39 is 27.4 Å². The summed E-state index contributed by atoms with van der Waals surface area (Å²) in [6, 6.07) is 9.50. The maximum atomic E-state index is 14.0. The molecule has 232 valence electrons. The largest absolute Gasteiger partial charge is 0.495 e. The van der Waals surface area contributed by atoms with Crippen LogP contribution in [0.15, 0.2) is 47.5 Å². The number of para-hydroxylation sites is 1. The fourth-order valence-corrected chi connectivity index (χ4v) is 6.27. The summed E-state index contributed by atoms with van der Waals surface area (Å²) >= 11 is 0. The Morgan fingerprint density at radius 3 is 2.37 bits per heavy atom. The fraction of sp³-hybridized carbons (Fsp3) is 0.414. The van der Waals surface area contributed by atoms with E-state index in [9.17, 15) is 26.4 Å². The van der Waals surface area contributed by atoms with Crippen LogP contribution in [0.4, 0.5) is 36.3 Å². The molecule has 1 aliphatic heterocycles. The van der Waals surface area contributed by atoms with Crippen LogP contribution in [0.5, 0.6) is 5.75 Å². The third-order valence-corrected chi connectivity index (χ3v) is 9.03. The van der Waals surface area contributed by atoms with Crippen LogP contribution in [0.2, 0.25) is 0 Å². The number of anilines is 4. The maximum absolute atomic E-state index is 14.0. The Kier molecular flexibility index (Phi) is 9.80. The molecule has 0 fully saturated rings. The highest BCUT2D eigenvalue weighted by Crippen LogP contribution is 2.38. The second-order valence-electron chi connectivity index (χ2n) is 10.4. The zero-order valence-corrected chi connectivity index (χ0v) is 25.3. The summed E-state index contributed by atoms with van der Waals surface area (Å²) in [4.78, 5) is 23.7. The Labute approximate surface area is 249 Å². The van der Waals surface area contributed by atoms with E-state index in [1.807, 2.05) is 12.1 Å². The molecule has 2 aromatic carbocycles. The van der Waals surface area contributed by atoms with E-state index in [2.05, 4.69) is 25.5 Å². The Bertz CT molecular complexity index is 1580. The molecule has 0 bridgehead atoms. The number of nitrogens with one attached hydrogen (secondary N) is 2. The normalized spacial score (nSPS) is 14.0. The van der Waals surface area contributed by atoms with Gasteiger partial charge in [0.25, 0.3) is 0 Å². The quantitative estimate of drug-likeness (QED) is 0.334. The number of hydrogen-bond acceptors (Lipinski definition) is 9. The van der Waals surface area contributed by atoms with Gasteiger partial charge in [-0.25, -0.2) is 13.4 Å². The molecule has 1 aromatic heterocycles. The minimum atomic E-state index is -4.81. The Hall–Kier alpha value is -3.91. The van der Waals surface area contributed by atoms with Crippen molar-refractivity contribution in [2.24, 2.45) is 0 Å². The number of carbonyl (C=O) groups is 1. The van der Waals surface area contributed by atoms with Gasteiger partial charge >= 0.3 is 6.18 Å². The highest BCUT2D eigenvalue weighted by molar-refractivity contribution is 7.91. The van der Waals surface area contributed by atoms with E-state index in [4.69, 9.17) is 4.74 Å². The molecule has 1 amide bonds. The first kappa shape index (κ1) is 32.0. The lowest BCUT2D eigenvalue weighted by molar-refractivity contribution is -0.137. The van der Waals surface area contributed by atoms with Crippen molar-refractivity contribution in [1.29, 1.82) is 0 Å². The molecule has 0 saturated heterocycles. The molecule has 2 N–H and O–H groups in total. The van der Waals surface area contributed by atoms with Crippen molar-refractivity contribution in [3.8, 4) is 5.75 Å². The van der Waals surface area contributed by atoms with Crippen LogP contribution >= 0.6 is 0 Å². The third kappa shape index (κ3) is 7.73. The predicted octanol–water partition coefficient (Wildman–Crippen LogP) is 4.66. The van der Waals surface area contributed by atoms with Gasteiger partial charge in [-0.2, -0.15) is 18.2 Å². The smallest absolute Gasteiger partial charge is 0.421 e. The van der Waals surface area contributed by atoms with E-state index >= 15 is 0 Å². The minimum Gasteiger partial charge on any atom is -0.495 e. The summed E-state index contributed by atoms with van der Waals surface area (Å²) in [5, 5.41) is 5.57. The summed E-state index contributed by atoms with van der Waals surface area (Å²) in [6.07, 6.45) is -2.47. The zero-order valence-electron chi connectivity index (χ0n) is 24.5. The number of alkyl halides is 3. The lowest BCUT2D eigenvalue weighted by atomic mass is 10.0. The van der Waals surface area contributed by atoms with Gasteiger partial charge < -0.3 is 20.3 Å². The minimum absolute atomic E-state index is 0.0142. The van der Waals surface area contributed by atoms with Gasteiger partial charge in [-0.1, -0.05) is 19.1 Å². The number of methoxy groups -OCH3 is 1. The van der Waals surface area contributed by atoms with E-state index in [1.165, 1.54) is 31.4 Å². The van der Waals surface area contributed by atoms with Crippen LogP contribution in [0.3, 0.4) is 0 Å². The predicted molar refractivity (Wildman–Crippen MR) is 158 cm³/mol. The van der Waals surface area contributed by atoms with Gasteiger partial charge in [-0.15, -0.1) is 0 Å². The molecule has 0 aliphatic carbocycles. The summed E-state index contributed by atoms with van der Waals surface area (Å²) in [5.41, 5.74) is 1.33. The number of ether oxygens (including phenoxy) is 1. The molecule has 43 heavy (non-hydrogen) atoms. The highest BCUT2D eigenvalue weighted by Gasteiger charge is 2.36. The molecule has 14 heteroatoms. The van der Waals surface area contributed by atoms with Gasteiger partial charge in [0.05, 0.1) is 35.7 Å². The average Bonchev–Trinajstić information content (AvgIpc) is 3.13. The van der Waals surface area contributed by atoms with Crippen LogP contribution in [0.25, 0.3) is 0 Å². The third-order valence-electron chi connectivity index (χ3n) is 7.06. The molecule has 3 aromatic rings. The van der Waals surface area contributed by atoms with Crippen LogP contribution < -0.4 is 15.4 Å². The number of likely N-dealkylation sites (N-methyl/N-ethyl adjacent to an activating group) is 1. The molecule has 0 saturated carbocycles. The number of nitrogens with zero attached hydrogens (tertiary/aromatic N) is 4. The van der Waals surface area contributed by atoms with Crippen molar-refractivity contribution in [3.63, 3.8) is 0 Å². The molecule has 4 rings (SSSR count). The first-order valence-corrected chi connectivity index (χ1v) is 15.4. The zero-order chi connectivity index (χ0) is 31.4. The summed E-state index contributed by atoms with van der Waals surface area (Å²) in [6.45, 7) is 3.36. The SMILES string of the molecule is CCCS(=O)(=O)c1ccccc1Nc1nc(Nc2cc3c(cc2OC)CCN(CC(=O)N(C)C)CC3)ncc1C(F)(F)F. The second kappa shape index (κ2) is 13.2. The number of fused-ring (bicyclic) bond motifs is 1. The van der Waals surface area contributed by atoms with Gasteiger partial charge in [0, 0.05) is 33.4 Å². The van der Waals surface area contributed by atoms with Crippen LogP contribution in [-0.4, -0.2) is 80.7 Å². The summed E-state index contributed by atoms with van der Waals surface area (Å²) < 4.78 is 73.1. The summed E-state index contributed by atoms with van der Waals surface area (Å²) in [7, 11) is 1.17. The van der Waals surface area contributed by atoms with Crippen molar-refractivity contribution >= 4 is 38.9 Å². The number of rotatable bonds is 10. The fourth-order valence-electron chi connectivity index (χ4n) is 4.77. The van der Waals surface area contributed by atoms with Gasteiger partial charge in [0.15, 0.2) is 9.84 Å². The standard InChI is InChI=1S/C29H35F3N6O4S/c1-5-14-43(40,41)25-9-7-6-8-22(25)34-27-21(29(30,31)32)17-33-28(36-27)35-23-15-19-10-12-38(18-26(39)37(2)3)13-11-20(19)16-24(23)42-4/h6-9,15-17H,5,10-14,18H2,1-4H3,(H2,33,34,35,36). The molecular formula is C29H35F3N6O4S. The maximum Gasteiger partial charge on any atom is 0.421 e. The van der Waals surface area contributed by atoms with E-state index in [1.54, 1.807) is 25.9 Å². The Morgan fingerprint density at radius 2 is 1.74 bits per heavy atom. The van der Waals surface area contributed by atoms with Gasteiger partial charge in [-0.3, -0.25) is 9.69 Å². The van der Waals surface area contributed by atoms with E-state index in [0.717, 1.165) is 11.1 Å². The molecule has 10 nitrogen and oxygen atoms in total. The van der Waals surface area contributed by atoms with E-state index in [0.29, 0.717) is 56.5 Å². The van der Waals surface area contributed by atoms with Crippen molar-refractivity contribution < 1.29 is 31.1 Å². The number of sulfone groups is 1. The monoisotopic (exact) mass is 620 g/mol. The Balaban J connectivity index is 1.65. The molecule has 1 aliphatic rings. The molecule has 0 atom stereocenters. The number of hydrogen-bond donors (Lipinski definition) is 2. The topological polar surface area (TPSA) is 117 Å².